The molecule has 3 rings (SSSR count). The highest BCUT2D eigenvalue weighted by atomic mass is 16.5. The Balaban J connectivity index is 0.000000611. The van der Waals surface area contributed by atoms with Crippen LogP contribution in [0.3, 0.4) is 0 Å². The Labute approximate surface area is 237 Å². The molecule has 1 heterocycles. The molecule has 0 spiro atoms. The molecule has 0 amide bonds. The fourth-order valence-corrected chi connectivity index (χ4v) is 4.65. The molecule has 1 fully saturated rings. The van der Waals surface area contributed by atoms with Gasteiger partial charge in [0.2, 0.25) is 0 Å². The van der Waals surface area contributed by atoms with Crippen molar-refractivity contribution >= 4 is 17.9 Å². The van der Waals surface area contributed by atoms with Crippen LogP contribution in [0.1, 0.15) is 82.6 Å². The van der Waals surface area contributed by atoms with E-state index < -0.39 is 17.9 Å². The van der Waals surface area contributed by atoms with Crippen molar-refractivity contribution in [1.29, 1.82) is 0 Å². The number of unbranched alkanes of at least 4 members (excludes halogenated alkanes) is 1. The number of ether oxygens (including phenoxy) is 1. The smallest absolute Gasteiger partial charge is 0.328 e. The fraction of sp³-hybridized carbons (Fsp3) is 0.469. The first kappa shape index (κ1) is 32.7. The second-order valence-electron chi connectivity index (χ2n) is 11.0. The summed E-state index contributed by atoms with van der Waals surface area (Å²) in [6.45, 7) is 10.3. The third-order valence-corrected chi connectivity index (χ3v) is 6.91. The van der Waals surface area contributed by atoms with E-state index in [1.54, 1.807) is 0 Å². The van der Waals surface area contributed by atoms with Crippen molar-refractivity contribution in [2.45, 2.75) is 83.5 Å². The van der Waals surface area contributed by atoms with E-state index in [2.05, 4.69) is 81.1 Å². The second kappa shape index (κ2) is 15.9. The molecule has 2 atom stereocenters. The first-order valence-electron chi connectivity index (χ1n) is 13.8. The molecule has 2 aromatic rings. The SMILES string of the molecule is CCCCC(C(=O)O)N1CCC(OC(c2ccccc2)c2ccc(C(C)(C)C)cc2)CC1.O=C(O)/C=C/C(=O)O. The zero-order valence-corrected chi connectivity index (χ0v) is 24.0. The van der Waals surface area contributed by atoms with Crippen LogP contribution in [-0.4, -0.2) is 63.4 Å². The number of nitrogens with zero attached hydrogens (tertiary/aromatic N) is 1. The van der Waals surface area contributed by atoms with Gasteiger partial charge in [0, 0.05) is 25.2 Å². The topological polar surface area (TPSA) is 124 Å². The van der Waals surface area contributed by atoms with Crippen molar-refractivity contribution in [3.05, 3.63) is 83.4 Å². The van der Waals surface area contributed by atoms with Crippen LogP contribution < -0.4 is 0 Å². The standard InChI is InChI=1S/C28H39NO3.C4H4O4/c1-5-6-12-25(27(30)31)29-19-17-24(18-20-29)32-26(21-10-8-7-9-11-21)22-13-15-23(16-14-22)28(2,3)4;5-3(6)1-2-4(7)8/h7-11,13-16,24-26H,5-6,12,17-20H2,1-4H3,(H,30,31);1-2H,(H,5,6)(H,7,8)/b;2-1+. The largest absolute Gasteiger partial charge is 0.480 e. The van der Waals surface area contributed by atoms with Crippen LogP contribution in [0.4, 0.5) is 0 Å². The van der Waals surface area contributed by atoms with E-state index in [0.717, 1.165) is 56.3 Å². The minimum absolute atomic E-state index is 0.114. The average Bonchev–Trinajstić information content (AvgIpc) is 2.92. The molecule has 1 saturated heterocycles. The molecule has 1 aliphatic rings. The predicted molar refractivity (Wildman–Crippen MR) is 154 cm³/mol. The van der Waals surface area contributed by atoms with Gasteiger partial charge in [0.05, 0.1) is 6.10 Å². The highest BCUT2D eigenvalue weighted by Gasteiger charge is 2.31. The summed E-state index contributed by atoms with van der Waals surface area (Å²) in [4.78, 5) is 33.0. The molecule has 3 N–H and O–H groups in total. The van der Waals surface area contributed by atoms with Crippen LogP contribution in [0.15, 0.2) is 66.7 Å². The zero-order valence-electron chi connectivity index (χ0n) is 24.0. The monoisotopic (exact) mass is 553 g/mol. The van der Waals surface area contributed by atoms with Gasteiger partial charge in [-0.25, -0.2) is 9.59 Å². The molecular formula is C32H43NO7. The Kier molecular flexibility index (Phi) is 13.0. The minimum Gasteiger partial charge on any atom is -0.480 e. The number of carboxylic acid groups (broad SMARTS) is 3. The maximum absolute atomic E-state index is 11.8. The Morgan fingerprint density at radius 3 is 1.88 bits per heavy atom. The summed E-state index contributed by atoms with van der Waals surface area (Å²) in [5.41, 5.74) is 3.75. The number of benzene rings is 2. The molecule has 218 valence electrons. The number of carboxylic acids is 3. The fourth-order valence-electron chi connectivity index (χ4n) is 4.65. The highest BCUT2D eigenvalue weighted by molar-refractivity contribution is 5.89. The van der Waals surface area contributed by atoms with E-state index in [9.17, 15) is 19.5 Å². The van der Waals surface area contributed by atoms with Crippen molar-refractivity contribution in [2.75, 3.05) is 13.1 Å². The normalized spacial score (nSPS) is 16.1. The molecule has 0 aromatic heterocycles. The number of hydrogen-bond donors (Lipinski definition) is 3. The number of likely N-dealkylation sites (tertiary alicyclic amines) is 1. The Hall–Kier alpha value is -3.49. The third-order valence-electron chi connectivity index (χ3n) is 6.91. The van der Waals surface area contributed by atoms with Gasteiger partial charge in [-0.1, -0.05) is 95.1 Å². The molecule has 40 heavy (non-hydrogen) atoms. The van der Waals surface area contributed by atoms with Crippen LogP contribution in [-0.2, 0) is 24.5 Å². The lowest BCUT2D eigenvalue weighted by Crippen LogP contribution is -2.47. The van der Waals surface area contributed by atoms with Gasteiger partial charge in [-0.05, 0) is 41.4 Å². The van der Waals surface area contributed by atoms with Gasteiger partial charge in [0.1, 0.15) is 12.1 Å². The van der Waals surface area contributed by atoms with E-state index in [1.165, 1.54) is 5.56 Å². The van der Waals surface area contributed by atoms with Crippen LogP contribution >= 0.6 is 0 Å². The maximum Gasteiger partial charge on any atom is 0.328 e. The van der Waals surface area contributed by atoms with E-state index >= 15 is 0 Å². The quantitative estimate of drug-likeness (QED) is 0.293. The molecule has 2 aromatic carbocycles. The van der Waals surface area contributed by atoms with Gasteiger partial charge in [0.15, 0.2) is 0 Å². The van der Waals surface area contributed by atoms with E-state index in [4.69, 9.17) is 14.9 Å². The molecule has 1 aliphatic heterocycles. The number of rotatable bonds is 11. The average molecular weight is 554 g/mol. The summed E-state index contributed by atoms with van der Waals surface area (Å²) < 4.78 is 6.68. The number of piperidine rings is 1. The summed E-state index contributed by atoms with van der Waals surface area (Å²) in [5, 5.41) is 25.3. The van der Waals surface area contributed by atoms with Crippen LogP contribution in [0, 0.1) is 0 Å². The van der Waals surface area contributed by atoms with Gasteiger partial charge in [-0.15, -0.1) is 0 Å². The lowest BCUT2D eigenvalue weighted by molar-refractivity contribution is -0.145. The molecular weight excluding hydrogens is 510 g/mol. The third kappa shape index (κ3) is 10.9. The number of carbonyl (C=O) groups is 3. The molecule has 0 aliphatic carbocycles. The van der Waals surface area contributed by atoms with Crippen LogP contribution in [0.2, 0.25) is 0 Å². The molecule has 8 heteroatoms. The second-order valence-corrected chi connectivity index (χ2v) is 11.0. The Morgan fingerprint density at radius 2 is 1.43 bits per heavy atom. The first-order chi connectivity index (χ1) is 18.9. The molecule has 2 unspecified atom stereocenters. The minimum atomic E-state index is -1.26. The first-order valence-corrected chi connectivity index (χ1v) is 13.8. The molecule has 0 saturated carbocycles. The zero-order chi connectivity index (χ0) is 29.7. The summed E-state index contributed by atoms with van der Waals surface area (Å²) in [5.74, 6) is -3.21. The summed E-state index contributed by atoms with van der Waals surface area (Å²) in [7, 11) is 0. The van der Waals surface area contributed by atoms with Crippen LogP contribution in [0.25, 0.3) is 0 Å². The molecule has 8 nitrogen and oxygen atoms in total. The van der Waals surface area contributed by atoms with Gasteiger partial charge in [0.25, 0.3) is 0 Å². The van der Waals surface area contributed by atoms with Crippen molar-refractivity contribution < 1.29 is 34.4 Å². The van der Waals surface area contributed by atoms with Gasteiger partial charge in [-0.3, -0.25) is 9.69 Å². The van der Waals surface area contributed by atoms with E-state index in [-0.39, 0.29) is 23.7 Å². The van der Waals surface area contributed by atoms with E-state index in [0.29, 0.717) is 12.2 Å². The summed E-state index contributed by atoms with van der Waals surface area (Å²) >= 11 is 0. The van der Waals surface area contributed by atoms with E-state index in [1.807, 2.05) is 6.07 Å². The summed E-state index contributed by atoms with van der Waals surface area (Å²) in [6.07, 6.45) is 5.55. The lowest BCUT2D eigenvalue weighted by atomic mass is 9.86. The predicted octanol–water partition coefficient (Wildman–Crippen LogP) is 5.91. The van der Waals surface area contributed by atoms with Crippen molar-refractivity contribution in [2.24, 2.45) is 0 Å². The Bertz CT molecular complexity index is 1080. The van der Waals surface area contributed by atoms with Gasteiger partial charge >= 0.3 is 17.9 Å². The summed E-state index contributed by atoms with van der Waals surface area (Å²) in [6, 6.07) is 18.8. The highest BCUT2D eigenvalue weighted by Crippen LogP contribution is 2.32. The maximum atomic E-state index is 11.8. The number of hydrogen-bond acceptors (Lipinski definition) is 5. The van der Waals surface area contributed by atoms with Gasteiger partial charge in [-0.2, -0.15) is 0 Å². The number of aliphatic carboxylic acids is 3. The van der Waals surface area contributed by atoms with Crippen molar-refractivity contribution in [3.63, 3.8) is 0 Å². The molecule has 0 radical (unpaired) electrons. The lowest BCUT2D eigenvalue weighted by Gasteiger charge is -2.37. The van der Waals surface area contributed by atoms with Crippen molar-refractivity contribution in [1.82, 2.24) is 4.90 Å². The van der Waals surface area contributed by atoms with Crippen molar-refractivity contribution in [3.8, 4) is 0 Å². The molecule has 0 bridgehead atoms. The Morgan fingerprint density at radius 1 is 0.900 bits per heavy atom. The van der Waals surface area contributed by atoms with Crippen LogP contribution in [0.5, 0.6) is 0 Å². The van der Waals surface area contributed by atoms with Gasteiger partial charge < -0.3 is 20.1 Å².